The highest BCUT2D eigenvalue weighted by molar-refractivity contribution is 7.89. The molecule has 0 aliphatic carbocycles. The maximum atomic E-state index is 11.8. The van der Waals surface area contributed by atoms with E-state index < -0.39 is 10.0 Å². The standard InChI is InChI=1S/C12H25N3O3S/c1-10(2)8-11(9-13)14-12(16)4-6-15-5-3-7-19(15,17)18/h10-11H,3-9,13H2,1-2H3,(H,14,16). The normalized spacial score (nSPS) is 20.6. The van der Waals surface area contributed by atoms with Crippen LogP contribution in [0.5, 0.6) is 0 Å². The van der Waals surface area contributed by atoms with E-state index in [2.05, 4.69) is 19.2 Å². The van der Waals surface area contributed by atoms with Crippen molar-refractivity contribution in [2.24, 2.45) is 11.7 Å². The summed E-state index contributed by atoms with van der Waals surface area (Å²) in [4.78, 5) is 11.8. The number of hydrogen-bond donors (Lipinski definition) is 2. The van der Waals surface area contributed by atoms with Crippen LogP contribution in [-0.4, -0.2) is 50.1 Å². The Bertz CT molecular complexity index is 395. The lowest BCUT2D eigenvalue weighted by atomic mass is 10.0. The van der Waals surface area contributed by atoms with Gasteiger partial charge in [0.25, 0.3) is 0 Å². The molecule has 112 valence electrons. The zero-order valence-corrected chi connectivity index (χ0v) is 12.6. The topological polar surface area (TPSA) is 92.5 Å². The van der Waals surface area contributed by atoms with Crippen molar-refractivity contribution in [1.29, 1.82) is 0 Å². The van der Waals surface area contributed by atoms with Crippen molar-refractivity contribution in [3.8, 4) is 0 Å². The van der Waals surface area contributed by atoms with Crippen LogP contribution in [0.1, 0.15) is 33.1 Å². The Morgan fingerprint density at radius 2 is 2.11 bits per heavy atom. The number of sulfonamides is 1. The molecule has 1 amide bonds. The Morgan fingerprint density at radius 3 is 2.58 bits per heavy atom. The highest BCUT2D eigenvalue weighted by Gasteiger charge is 2.28. The summed E-state index contributed by atoms with van der Waals surface area (Å²) in [6.07, 6.45) is 1.70. The lowest BCUT2D eigenvalue weighted by molar-refractivity contribution is -0.121. The van der Waals surface area contributed by atoms with Crippen molar-refractivity contribution < 1.29 is 13.2 Å². The number of amides is 1. The Morgan fingerprint density at radius 1 is 1.42 bits per heavy atom. The maximum absolute atomic E-state index is 11.8. The summed E-state index contributed by atoms with van der Waals surface area (Å²) in [5.41, 5.74) is 5.61. The zero-order valence-electron chi connectivity index (χ0n) is 11.8. The van der Waals surface area contributed by atoms with Gasteiger partial charge in [-0.1, -0.05) is 13.8 Å². The van der Waals surface area contributed by atoms with Crippen molar-refractivity contribution in [3.05, 3.63) is 0 Å². The van der Waals surface area contributed by atoms with Gasteiger partial charge in [-0.2, -0.15) is 0 Å². The third-order valence-corrected chi connectivity index (χ3v) is 5.15. The molecule has 0 spiro atoms. The molecule has 0 aromatic heterocycles. The van der Waals surface area contributed by atoms with E-state index in [-0.39, 0.29) is 30.7 Å². The minimum Gasteiger partial charge on any atom is -0.352 e. The second-order valence-electron chi connectivity index (χ2n) is 5.45. The Kier molecular flexibility index (Phi) is 6.22. The van der Waals surface area contributed by atoms with Crippen LogP contribution in [0.3, 0.4) is 0 Å². The first-order valence-corrected chi connectivity index (χ1v) is 8.43. The molecule has 6 nitrogen and oxygen atoms in total. The second-order valence-corrected chi connectivity index (χ2v) is 7.54. The van der Waals surface area contributed by atoms with Crippen LogP contribution in [0.2, 0.25) is 0 Å². The molecule has 0 saturated carbocycles. The van der Waals surface area contributed by atoms with Gasteiger partial charge in [0.2, 0.25) is 15.9 Å². The largest absolute Gasteiger partial charge is 0.352 e. The minimum absolute atomic E-state index is 0.0253. The molecule has 0 bridgehead atoms. The van der Waals surface area contributed by atoms with Gasteiger partial charge in [-0.3, -0.25) is 4.79 Å². The van der Waals surface area contributed by atoms with Crippen LogP contribution in [0.25, 0.3) is 0 Å². The minimum atomic E-state index is -3.11. The summed E-state index contributed by atoms with van der Waals surface area (Å²) in [6.45, 7) is 5.36. The molecule has 1 atom stereocenters. The highest BCUT2D eigenvalue weighted by atomic mass is 32.2. The summed E-state index contributed by atoms with van der Waals surface area (Å²) in [7, 11) is -3.11. The number of rotatable bonds is 7. The summed E-state index contributed by atoms with van der Waals surface area (Å²) < 4.78 is 24.5. The molecule has 19 heavy (non-hydrogen) atoms. The quantitative estimate of drug-likeness (QED) is 0.685. The molecule has 0 radical (unpaired) electrons. The number of nitrogens with two attached hydrogens (primary N) is 1. The van der Waals surface area contributed by atoms with E-state index in [0.29, 0.717) is 25.4 Å². The van der Waals surface area contributed by atoms with Gasteiger partial charge in [0.1, 0.15) is 0 Å². The molecule has 1 heterocycles. The molecule has 1 fully saturated rings. The third kappa shape index (κ3) is 5.46. The maximum Gasteiger partial charge on any atom is 0.221 e. The molecule has 1 aliphatic heterocycles. The summed E-state index contributed by atoms with van der Waals surface area (Å²) in [6, 6.07) is -0.0253. The smallest absolute Gasteiger partial charge is 0.221 e. The van der Waals surface area contributed by atoms with E-state index in [0.717, 1.165) is 6.42 Å². The Balaban J connectivity index is 2.35. The summed E-state index contributed by atoms with van der Waals surface area (Å²) >= 11 is 0. The predicted molar refractivity (Wildman–Crippen MR) is 75.0 cm³/mol. The van der Waals surface area contributed by atoms with Crippen molar-refractivity contribution in [2.45, 2.75) is 39.2 Å². The van der Waals surface area contributed by atoms with Gasteiger partial charge < -0.3 is 11.1 Å². The van der Waals surface area contributed by atoms with Crippen LogP contribution in [0.4, 0.5) is 0 Å². The van der Waals surface area contributed by atoms with Gasteiger partial charge in [-0.25, -0.2) is 12.7 Å². The lowest BCUT2D eigenvalue weighted by Crippen LogP contribution is -2.42. The van der Waals surface area contributed by atoms with Gasteiger partial charge in [-0.15, -0.1) is 0 Å². The fourth-order valence-electron chi connectivity index (χ4n) is 2.25. The fraction of sp³-hybridized carbons (Fsp3) is 0.917. The van der Waals surface area contributed by atoms with Crippen LogP contribution < -0.4 is 11.1 Å². The van der Waals surface area contributed by atoms with E-state index in [4.69, 9.17) is 5.73 Å². The van der Waals surface area contributed by atoms with Gasteiger partial charge in [0.05, 0.1) is 5.75 Å². The molecule has 0 aromatic rings. The highest BCUT2D eigenvalue weighted by Crippen LogP contribution is 2.13. The third-order valence-electron chi connectivity index (χ3n) is 3.20. The first-order valence-electron chi connectivity index (χ1n) is 6.82. The Labute approximate surface area is 115 Å². The lowest BCUT2D eigenvalue weighted by Gasteiger charge is -2.20. The Hall–Kier alpha value is -0.660. The van der Waals surface area contributed by atoms with E-state index in [1.165, 1.54) is 4.31 Å². The van der Waals surface area contributed by atoms with Crippen molar-refractivity contribution in [1.82, 2.24) is 9.62 Å². The first kappa shape index (κ1) is 16.4. The molecular weight excluding hydrogens is 266 g/mol. The zero-order chi connectivity index (χ0) is 14.5. The molecular formula is C12H25N3O3S. The second kappa shape index (κ2) is 7.21. The molecule has 1 saturated heterocycles. The molecule has 0 aromatic carbocycles. The van der Waals surface area contributed by atoms with E-state index >= 15 is 0 Å². The monoisotopic (exact) mass is 291 g/mol. The van der Waals surface area contributed by atoms with Crippen molar-refractivity contribution in [3.63, 3.8) is 0 Å². The molecule has 3 N–H and O–H groups in total. The summed E-state index contributed by atoms with van der Waals surface area (Å²) in [5.74, 6) is 0.541. The number of hydrogen-bond acceptors (Lipinski definition) is 4. The summed E-state index contributed by atoms with van der Waals surface area (Å²) in [5, 5.41) is 2.86. The predicted octanol–water partition coefficient (Wildman–Crippen LogP) is -0.0984. The van der Waals surface area contributed by atoms with Crippen molar-refractivity contribution in [2.75, 3.05) is 25.4 Å². The van der Waals surface area contributed by atoms with E-state index in [1.54, 1.807) is 0 Å². The van der Waals surface area contributed by atoms with Crippen LogP contribution in [-0.2, 0) is 14.8 Å². The van der Waals surface area contributed by atoms with Crippen molar-refractivity contribution >= 4 is 15.9 Å². The SMILES string of the molecule is CC(C)CC(CN)NC(=O)CCN1CCCS1(=O)=O. The molecule has 1 unspecified atom stereocenters. The van der Waals surface area contributed by atoms with E-state index in [1.807, 2.05) is 0 Å². The number of nitrogens with one attached hydrogen (secondary N) is 1. The van der Waals surface area contributed by atoms with E-state index in [9.17, 15) is 13.2 Å². The first-order chi connectivity index (χ1) is 8.85. The number of carbonyl (C=O) groups excluding carboxylic acids is 1. The van der Waals surface area contributed by atoms with Gasteiger partial charge in [-0.05, 0) is 18.8 Å². The number of carbonyl (C=O) groups is 1. The average molecular weight is 291 g/mol. The molecule has 1 aliphatic rings. The average Bonchev–Trinajstić information content (AvgIpc) is 2.64. The van der Waals surface area contributed by atoms with Crippen LogP contribution >= 0.6 is 0 Å². The number of nitrogens with zero attached hydrogens (tertiary/aromatic N) is 1. The van der Waals surface area contributed by atoms with Crippen LogP contribution in [0, 0.1) is 5.92 Å². The molecule has 1 rings (SSSR count). The van der Waals surface area contributed by atoms with Gasteiger partial charge in [0, 0.05) is 32.1 Å². The molecule has 7 heteroatoms. The van der Waals surface area contributed by atoms with Gasteiger partial charge in [0.15, 0.2) is 0 Å². The van der Waals surface area contributed by atoms with Crippen LogP contribution in [0.15, 0.2) is 0 Å². The van der Waals surface area contributed by atoms with Gasteiger partial charge >= 0.3 is 0 Å². The fourth-order valence-corrected chi connectivity index (χ4v) is 3.78.